The molecular weight excluding hydrogens is 190 g/mol. The van der Waals surface area contributed by atoms with Crippen molar-refractivity contribution in [3.8, 4) is 6.07 Å². The maximum Gasteiger partial charge on any atom is 0.246 e. The smallest absolute Gasteiger partial charge is 0.246 e. The van der Waals surface area contributed by atoms with Crippen LogP contribution in [0.1, 0.15) is 13.8 Å². The number of amides is 1. The Morgan fingerprint density at radius 3 is 2.85 bits per heavy atom. The first-order chi connectivity index (χ1) is 6.06. The van der Waals surface area contributed by atoms with E-state index in [-0.39, 0.29) is 0 Å². The number of carbonyl (C=O) groups excluding carboxylic acids is 1. The lowest BCUT2D eigenvalue weighted by Gasteiger charge is -2.12. The van der Waals surface area contributed by atoms with E-state index < -0.39 is 11.3 Å². The number of aromatic nitrogens is 3. The molecule has 1 N–H and O–H groups in total. The molecule has 0 aromatic carbocycles. The first-order valence-electron chi connectivity index (χ1n) is 3.44. The Morgan fingerprint density at radius 1 is 1.69 bits per heavy atom. The molecule has 1 heterocycles. The fraction of sp³-hybridized carbons (Fsp3) is 0.500. The molecule has 1 aromatic rings. The normalized spacial score (nSPS) is 10.5. The Kier molecular flexibility index (Phi) is 2.53. The van der Waals surface area contributed by atoms with Gasteiger partial charge in [-0.2, -0.15) is 5.26 Å². The van der Waals surface area contributed by atoms with Gasteiger partial charge in [-0.05, 0) is 19.1 Å². The van der Waals surface area contributed by atoms with Crippen LogP contribution in [0.4, 0.5) is 5.13 Å². The van der Waals surface area contributed by atoms with Gasteiger partial charge in [0.2, 0.25) is 11.0 Å². The summed E-state index contributed by atoms with van der Waals surface area (Å²) in [7, 11) is 0. The zero-order chi connectivity index (χ0) is 9.90. The number of anilines is 1. The lowest BCUT2D eigenvalue weighted by molar-refractivity contribution is -0.121. The molecule has 6 nitrogen and oxygen atoms in total. The van der Waals surface area contributed by atoms with Gasteiger partial charge in [0.05, 0.1) is 6.07 Å². The van der Waals surface area contributed by atoms with Gasteiger partial charge in [0, 0.05) is 11.5 Å². The van der Waals surface area contributed by atoms with Crippen LogP contribution in [0.2, 0.25) is 0 Å². The summed E-state index contributed by atoms with van der Waals surface area (Å²) < 4.78 is 3.47. The third kappa shape index (κ3) is 2.19. The van der Waals surface area contributed by atoms with Crippen LogP contribution in [0.3, 0.4) is 0 Å². The van der Waals surface area contributed by atoms with Crippen molar-refractivity contribution >= 4 is 22.6 Å². The average Bonchev–Trinajstić information content (AvgIpc) is 2.57. The van der Waals surface area contributed by atoms with Crippen LogP contribution < -0.4 is 5.32 Å². The predicted octanol–water partition coefficient (Wildman–Crippen LogP) is 0.421. The van der Waals surface area contributed by atoms with E-state index in [9.17, 15) is 4.79 Å². The summed E-state index contributed by atoms with van der Waals surface area (Å²) in [5, 5.41) is 18.2. The van der Waals surface area contributed by atoms with E-state index in [4.69, 9.17) is 5.26 Å². The number of nitrogens with one attached hydrogen (secondary N) is 1. The molecule has 0 saturated heterocycles. The van der Waals surface area contributed by atoms with Gasteiger partial charge in [0.1, 0.15) is 5.41 Å². The Bertz CT molecular complexity index is 338. The summed E-state index contributed by atoms with van der Waals surface area (Å²) in [5.74, 6) is -0.409. The Morgan fingerprint density at radius 2 is 2.38 bits per heavy atom. The zero-order valence-corrected chi connectivity index (χ0v) is 7.92. The van der Waals surface area contributed by atoms with Gasteiger partial charge < -0.3 is 0 Å². The molecule has 0 aliphatic heterocycles. The highest BCUT2D eigenvalue weighted by Gasteiger charge is 2.27. The van der Waals surface area contributed by atoms with E-state index in [0.717, 1.165) is 11.5 Å². The topological polar surface area (TPSA) is 91.6 Å². The molecule has 0 atom stereocenters. The van der Waals surface area contributed by atoms with Crippen molar-refractivity contribution in [1.82, 2.24) is 14.8 Å². The van der Waals surface area contributed by atoms with Crippen LogP contribution in [-0.4, -0.2) is 20.7 Å². The van der Waals surface area contributed by atoms with Crippen LogP contribution in [0.15, 0.2) is 0 Å². The Labute approximate surface area is 78.7 Å². The van der Waals surface area contributed by atoms with E-state index in [1.165, 1.54) is 13.8 Å². The number of rotatable bonds is 2. The molecule has 0 fully saturated rings. The van der Waals surface area contributed by atoms with E-state index in [1.807, 2.05) is 6.07 Å². The van der Waals surface area contributed by atoms with Crippen molar-refractivity contribution < 1.29 is 4.79 Å². The molecular formula is C6H7N5OS. The van der Waals surface area contributed by atoms with Crippen molar-refractivity contribution in [2.45, 2.75) is 13.8 Å². The molecule has 1 aromatic heterocycles. The van der Waals surface area contributed by atoms with Gasteiger partial charge in [0.25, 0.3) is 0 Å². The third-order valence-corrected chi connectivity index (χ3v) is 1.88. The van der Waals surface area contributed by atoms with Crippen molar-refractivity contribution in [3.05, 3.63) is 0 Å². The molecule has 0 unspecified atom stereocenters. The molecule has 0 aliphatic carbocycles. The maximum absolute atomic E-state index is 11.3. The van der Waals surface area contributed by atoms with Gasteiger partial charge >= 0.3 is 0 Å². The average molecular weight is 197 g/mol. The first kappa shape index (κ1) is 9.54. The molecule has 0 aliphatic rings. The molecule has 68 valence electrons. The van der Waals surface area contributed by atoms with Crippen LogP contribution in [0.25, 0.3) is 0 Å². The van der Waals surface area contributed by atoms with Crippen molar-refractivity contribution in [2.75, 3.05) is 5.32 Å². The summed E-state index contributed by atoms with van der Waals surface area (Å²) in [6.07, 6.45) is 0. The molecule has 13 heavy (non-hydrogen) atoms. The zero-order valence-electron chi connectivity index (χ0n) is 7.11. The molecule has 0 radical (unpaired) electrons. The fourth-order valence-corrected chi connectivity index (χ4v) is 0.848. The van der Waals surface area contributed by atoms with Gasteiger partial charge in [-0.3, -0.25) is 10.1 Å². The number of nitriles is 1. The second-order valence-electron chi connectivity index (χ2n) is 2.86. The van der Waals surface area contributed by atoms with Crippen molar-refractivity contribution in [3.63, 3.8) is 0 Å². The third-order valence-electron chi connectivity index (χ3n) is 1.37. The maximum atomic E-state index is 11.3. The van der Waals surface area contributed by atoms with Gasteiger partial charge in [-0.1, -0.05) is 9.59 Å². The van der Waals surface area contributed by atoms with Crippen LogP contribution in [-0.2, 0) is 4.79 Å². The number of hydrogen-bond donors (Lipinski definition) is 1. The summed E-state index contributed by atoms with van der Waals surface area (Å²) in [5.41, 5.74) is -1.06. The first-order valence-corrected chi connectivity index (χ1v) is 4.21. The fourth-order valence-electron chi connectivity index (χ4n) is 0.486. The Hall–Kier alpha value is -1.55. The summed E-state index contributed by atoms with van der Waals surface area (Å²) in [4.78, 5) is 11.3. The van der Waals surface area contributed by atoms with E-state index >= 15 is 0 Å². The van der Waals surface area contributed by atoms with Crippen LogP contribution >= 0.6 is 11.5 Å². The van der Waals surface area contributed by atoms with Gasteiger partial charge in [-0.25, -0.2) is 0 Å². The standard InChI is InChI=1S/C6H7N5OS/c1-6(2,3-7)4(12)8-5-9-10-11-13-5/h1-2H3,(H,8,9,11,12). The van der Waals surface area contributed by atoms with E-state index in [0.29, 0.717) is 5.13 Å². The molecule has 0 bridgehead atoms. The summed E-state index contributed by atoms with van der Waals surface area (Å²) in [6.45, 7) is 3.05. The highest BCUT2D eigenvalue weighted by atomic mass is 32.1. The molecule has 0 saturated carbocycles. The molecule has 7 heteroatoms. The molecule has 0 spiro atoms. The summed E-state index contributed by atoms with van der Waals surface area (Å²) >= 11 is 0.964. The minimum absolute atomic E-state index is 0.299. The van der Waals surface area contributed by atoms with Crippen LogP contribution in [0, 0.1) is 16.7 Å². The minimum Gasteiger partial charge on any atom is -0.298 e. The quantitative estimate of drug-likeness (QED) is 0.741. The second-order valence-corrected chi connectivity index (χ2v) is 3.59. The van der Waals surface area contributed by atoms with Crippen molar-refractivity contribution in [1.29, 1.82) is 5.26 Å². The summed E-state index contributed by atoms with van der Waals surface area (Å²) in [6, 6.07) is 1.88. The highest BCUT2D eigenvalue weighted by Crippen LogP contribution is 2.16. The lowest BCUT2D eigenvalue weighted by atomic mass is 9.95. The lowest BCUT2D eigenvalue weighted by Crippen LogP contribution is -2.29. The van der Waals surface area contributed by atoms with E-state index in [2.05, 4.69) is 20.1 Å². The molecule has 1 amide bonds. The monoisotopic (exact) mass is 197 g/mol. The number of nitrogens with zero attached hydrogens (tertiary/aromatic N) is 4. The molecule has 1 rings (SSSR count). The number of hydrogen-bond acceptors (Lipinski definition) is 6. The Balaban J connectivity index is 2.68. The predicted molar refractivity (Wildman–Crippen MR) is 45.7 cm³/mol. The largest absolute Gasteiger partial charge is 0.298 e. The SMILES string of the molecule is CC(C)(C#N)C(=O)Nc1nnns1. The highest BCUT2D eigenvalue weighted by molar-refractivity contribution is 7.09. The van der Waals surface area contributed by atoms with Crippen molar-refractivity contribution in [2.24, 2.45) is 5.41 Å². The van der Waals surface area contributed by atoms with Crippen LogP contribution in [0.5, 0.6) is 0 Å². The van der Waals surface area contributed by atoms with Gasteiger partial charge in [0.15, 0.2) is 0 Å². The minimum atomic E-state index is -1.06. The van der Waals surface area contributed by atoms with Gasteiger partial charge in [-0.15, -0.1) is 0 Å². The second kappa shape index (κ2) is 3.45. The number of carbonyl (C=O) groups is 1. The van der Waals surface area contributed by atoms with E-state index in [1.54, 1.807) is 0 Å².